The van der Waals surface area contributed by atoms with Crippen molar-refractivity contribution in [1.29, 1.82) is 0 Å². The molecule has 0 spiro atoms. The molecule has 7 nitrogen and oxygen atoms in total. The predicted octanol–water partition coefficient (Wildman–Crippen LogP) is 4.01. The van der Waals surface area contributed by atoms with Crippen LogP contribution in [0.25, 0.3) is 0 Å². The summed E-state index contributed by atoms with van der Waals surface area (Å²) in [5.74, 6) is -0.608. The molecule has 0 unspecified atom stereocenters. The monoisotopic (exact) mass is 525 g/mol. The molecule has 2 fully saturated rings. The molecule has 0 atom stereocenters. The molecule has 1 N–H and O–H groups in total. The van der Waals surface area contributed by atoms with Gasteiger partial charge in [0.05, 0.1) is 6.54 Å². The van der Waals surface area contributed by atoms with E-state index in [2.05, 4.69) is 10.8 Å². The van der Waals surface area contributed by atoms with Crippen LogP contribution in [0.4, 0.5) is 31.1 Å². The number of benzene rings is 1. The maximum atomic E-state index is 12.7. The minimum atomic E-state index is -5.75. The SMILES string of the molecule is Cc1ccc(CN2CCN(C(=O)OC(C(F)(F)F)C(F)(F)F)CC2)c(C2CCN(CC(=O)O)CC2)c1. The molecule has 13 heteroatoms. The molecule has 0 radical (unpaired) electrons. The van der Waals surface area contributed by atoms with Gasteiger partial charge in [0.2, 0.25) is 0 Å². The maximum Gasteiger partial charge on any atom is 0.434 e. The third-order valence-corrected chi connectivity index (χ3v) is 6.53. The molecule has 36 heavy (non-hydrogen) atoms. The number of carboxylic acids is 1. The van der Waals surface area contributed by atoms with Gasteiger partial charge in [-0.3, -0.25) is 14.6 Å². The highest BCUT2D eigenvalue weighted by Gasteiger charge is 2.60. The molecule has 1 aromatic carbocycles. The van der Waals surface area contributed by atoms with E-state index in [-0.39, 0.29) is 38.6 Å². The van der Waals surface area contributed by atoms with E-state index < -0.39 is 30.5 Å². The molecule has 202 valence electrons. The number of hydrogen-bond acceptors (Lipinski definition) is 5. The molecule has 0 bridgehead atoms. The molecule has 0 aliphatic carbocycles. The van der Waals surface area contributed by atoms with Crippen molar-refractivity contribution in [3.63, 3.8) is 0 Å². The summed E-state index contributed by atoms with van der Waals surface area (Å²) < 4.78 is 79.9. The zero-order valence-electron chi connectivity index (χ0n) is 19.7. The first-order valence-electron chi connectivity index (χ1n) is 11.6. The number of alkyl halides is 6. The van der Waals surface area contributed by atoms with Crippen LogP contribution < -0.4 is 0 Å². The number of piperazine rings is 1. The Morgan fingerprint density at radius 1 is 0.972 bits per heavy atom. The number of amides is 1. The Balaban J connectivity index is 1.58. The van der Waals surface area contributed by atoms with Crippen molar-refractivity contribution in [2.75, 3.05) is 45.8 Å². The van der Waals surface area contributed by atoms with Gasteiger partial charge in [0.15, 0.2) is 0 Å². The smallest absolute Gasteiger partial charge is 0.434 e. The lowest BCUT2D eigenvalue weighted by Crippen LogP contribution is -2.52. The van der Waals surface area contributed by atoms with Crippen LogP contribution in [0.2, 0.25) is 0 Å². The van der Waals surface area contributed by atoms with Gasteiger partial charge in [-0.05, 0) is 49.9 Å². The molecule has 2 aliphatic heterocycles. The number of carboxylic acid groups (broad SMARTS) is 1. The Labute approximate surface area is 204 Å². The highest BCUT2D eigenvalue weighted by Crippen LogP contribution is 2.36. The van der Waals surface area contributed by atoms with E-state index in [0.29, 0.717) is 19.6 Å². The summed E-state index contributed by atoms with van der Waals surface area (Å²) in [6.07, 6.45) is -15.7. The van der Waals surface area contributed by atoms with Crippen molar-refractivity contribution >= 4 is 12.1 Å². The van der Waals surface area contributed by atoms with Crippen molar-refractivity contribution in [2.24, 2.45) is 0 Å². The standard InChI is InChI=1S/C23H29F6N3O4/c1-15-2-3-17(18(12-15)16-4-6-30(7-5-16)14-19(33)34)13-31-8-10-32(11-9-31)21(35)36-20(22(24,25)26)23(27,28)29/h2-3,12,16,20H,4-11,13-14H2,1H3,(H,33,34). The number of aryl methyl sites for hydroxylation is 1. The van der Waals surface area contributed by atoms with Crippen LogP contribution in [0.15, 0.2) is 18.2 Å². The number of piperidine rings is 1. The minimum absolute atomic E-state index is 0.00674. The summed E-state index contributed by atoms with van der Waals surface area (Å²) in [7, 11) is 0. The quantitative estimate of drug-likeness (QED) is 0.566. The summed E-state index contributed by atoms with van der Waals surface area (Å²) in [4.78, 5) is 27.7. The van der Waals surface area contributed by atoms with Gasteiger partial charge >= 0.3 is 24.4 Å². The highest BCUT2D eigenvalue weighted by atomic mass is 19.4. The number of rotatable bonds is 6. The second-order valence-corrected chi connectivity index (χ2v) is 9.26. The first-order chi connectivity index (χ1) is 16.7. The lowest BCUT2D eigenvalue weighted by Gasteiger charge is -2.36. The molecule has 3 rings (SSSR count). The maximum absolute atomic E-state index is 12.7. The van der Waals surface area contributed by atoms with E-state index in [9.17, 15) is 35.9 Å². The Hall–Kier alpha value is -2.54. The van der Waals surface area contributed by atoms with Gasteiger partial charge in [-0.25, -0.2) is 4.79 Å². The molecule has 0 saturated carbocycles. The van der Waals surface area contributed by atoms with Crippen LogP contribution in [0, 0.1) is 6.92 Å². The summed E-state index contributed by atoms with van der Waals surface area (Å²) in [5, 5.41) is 9.00. The number of halogens is 6. The molecule has 2 aliphatic rings. The number of hydrogen-bond donors (Lipinski definition) is 1. The van der Waals surface area contributed by atoms with Gasteiger partial charge in [0.1, 0.15) is 0 Å². The van der Waals surface area contributed by atoms with E-state index >= 15 is 0 Å². The Bertz CT molecular complexity index is 909. The molecule has 2 saturated heterocycles. The van der Waals surface area contributed by atoms with Gasteiger partial charge in [-0.15, -0.1) is 0 Å². The first kappa shape index (κ1) is 28.0. The average molecular weight is 525 g/mol. The lowest BCUT2D eigenvalue weighted by molar-refractivity contribution is -0.308. The van der Waals surface area contributed by atoms with E-state index in [1.807, 2.05) is 28.9 Å². The number of carbonyl (C=O) groups excluding carboxylic acids is 1. The van der Waals surface area contributed by atoms with Gasteiger partial charge in [0.25, 0.3) is 6.10 Å². The molecular formula is C23H29F6N3O4. The zero-order chi connectivity index (χ0) is 26.7. The second-order valence-electron chi connectivity index (χ2n) is 9.26. The predicted molar refractivity (Wildman–Crippen MR) is 116 cm³/mol. The minimum Gasteiger partial charge on any atom is -0.480 e. The van der Waals surface area contributed by atoms with Crippen molar-refractivity contribution in [2.45, 2.75) is 50.7 Å². The average Bonchev–Trinajstić information content (AvgIpc) is 2.77. The number of aliphatic carboxylic acids is 1. The van der Waals surface area contributed by atoms with Crippen molar-refractivity contribution in [1.82, 2.24) is 14.7 Å². The Kier molecular flexibility index (Phi) is 8.75. The summed E-state index contributed by atoms with van der Waals surface area (Å²) in [6, 6.07) is 6.08. The van der Waals surface area contributed by atoms with Gasteiger partial charge in [-0.1, -0.05) is 23.8 Å². The highest BCUT2D eigenvalue weighted by molar-refractivity contribution is 5.69. The van der Waals surface area contributed by atoms with Crippen LogP contribution in [-0.2, 0) is 16.1 Å². The summed E-state index contributed by atoms with van der Waals surface area (Å²) in [6.45, 7) is 4.25. The van der Waals surface area contributed by atoms with Crippen molar-refractivity contribution in [3.05, 3.63) is 34.9 Å². The fourth-order valence-corrected chi connectivity index (χ4v) is 4.66. The first-order valence-corrected chi connectivity index (χ1v) is 11.6. The van der Waals surface area contributed by atoms with Gasteiger partial charge in [-0.2, -0.15) is 26.3 Å². The van der Waals surface area contributed by atoms with Crippen LogP contribution in [0.3, 0.4) is 0 Å². The van der Waals surface area contributed by atoms with E-state index in [1.165, 1.54) is 0 Å². The summed E-state index contributed by atoms with van der Waals surface area (Å²) in [5.41, 5.74) is 3.30. The van der Waals surface area contributed by atoms with E-state index in [1.54, 1.807) is 0 Å². The van der Waals surface area contributed by atoms with Crippen molar-refractivity contribution in [3.8, 4) is 0 Å². The topological polar surface area (TPSA) is 73.3 Å². The molecule has 1 amide bonds. The van der Waals surface area contributed by atoms with Gasteiger partial charge < -0.3 is 14.7 Å². The fourth-order valence-electron chi connectivity index (χ4n) is 4.66. The van der Waals surface area contributed by atoms with Crippen molar-refractivity contribution < 1.29 is 45.8 Å². The third-order valence-electron chi connectivity index (χ3n) is 6.53. The summed E-state index contributed by atoms with van der Waals surface area (Å²) >= 11 is 0. The van der Waals surface area contributed by atoms with E-state index in [0.717, 1.165) is 34.4 Å². The molecular weight excluding hydrogens is 496 g/mol. The second kappa shape index (κ2) is 11.2. The van der Waals surface area contributed by atoms with E-state index in [4.69, 9.17) is 5.11 Å². The Morgan fingerprint density at radius 2 is 1.56 bits per heavy atom. The van der Waals surface area contributed by atoms with Crippen LogP contribution in [0.1, 0.15) is 35.4 Å². The largest absolute Gasteiger partial charge is 0.480 e. The number of carbonyl (C=O) groups is 2. The van der Waals surface area contributed by atoms with Crippen LogP contribution >= 0.6 is 0 Å². The normalized spacial score (nSPS) is 19.1. The number of likely N-dealkylation sites (tertiary alicyclic amines) is 1. The molecule has 1 aromatic rings. The van der Waals surface area contributed by atoms with Gasteiger partial charge in [0, 0.05) is 32.7 Å². The molecule has 0 aromatic heterocycles. The van der Waals surface area contributed by atoms with Crippen LogP contribution in [-0.4, -0.2) is 96.1 Å². The lowest BCUT2D eigenvalue weighted by atomic mass is 9.85. The number of ether oxygens (including phenoxy) is 1. The zero-order valence-corrected chi connectivity index (χ0v) is 19.7. The van der Waals surface area contributed by atoms with Crippen LogP contribution in [0.5, 0.6) is 0 Å². The third kappa shape index (κ3) is 7.48. The Morgan fingerprint density at radius 3 is 2.08 bits per heavy atom. The molecule has 2 heterocycles. The fraction of sp³-hybridized carbons (Fsp3) is 0.652. The number of nitrogens with zero attached hydrogens (tertiary/aromatic N) is 3.